The number of nitro groups is 1. The van der Waals surface area contributed by atoms with Crippen LogP contribution in [0.25, 0.3) is 11.0 Å². The van der Waals surface area contributed by atoms with Crippen molar-refractivity contribution in [1.29, 1.82) is 0 Å². The lowest BCUT2D eigenvalue weighted by Crippen LogP contribution is -2.30. The standard InChI is InChI=1S/C19H16FN5O3/c1-12-22-17-9-15(25(26)27)5-8-18(17)24(12)19-21-10-13(20)11-23(19)14-3-6-16(28-2)7-4-14/h3-11,19H,1-2H3. The highest BCUT2D eigenvalue weighted by Gasteiger charge is 2.26. The molecular formula is C19H16FN5O3. The summed E-state index contributed by atoms with van der Waals surface area (Å²) in [6.45, 7) is 1.78. The monoisotopic (exact) mass is 381 g/mol. The fourth-order valence-electron chi connectivity index (χ4n) is 3.21. The number of nitrogens with zero attached hydrogens (tertiary/aromatic N) is 5. The van der Waals surface area contributed by atoms with Gasteiger partial charge in [0.15, 0.2) is 5.83 Å². The molecule has 0 bridgehead atoms. The van der Waals surface area contributed by atoms with E-state index in [0.717, 1.165) is 6.21 Å². The fourth-order valence-corrected chi connectivity index (χ4v) is 3.21. The Bertz CT molecular complexity index is 1120. The molecule has 1 atom stereocenters. The average Bonchev–Trinajstić information content (AvgIpc) is 3.03. The molecule has 3 aromatic rings. The highest BCUT2D eigenvalue weighted by Crippen LogP contribution is 2.33. The maximum absolute atomic E-state index is 14.0. The van der Waals surface area contributed by atoms with E-state index in [2.05, 4.69) is 9.98 Å². The Balaban J connectivity index is 1.82. The van der Waals surface area contributed by atoms with Crippen molar-refractivity contribution in [1.82, 2.24) is 9.55 Å². The number of anilines is 1. The summed E-state index contributed by atoms with van der Waals surface area (Å²) in [6, 6.07) is 11.6. The van der Waals surface area contributed by atoms with E-state index in [0.29, 0.717) is 28.3 Å². The van der Waals surface area contributed by atoms with Crippen molar-refractivity contribution in [2.45, 2.75) is 13.2 Å². The summed E-state index contributed by atoms with van der Waals surface area (Å²) in [4.78, 5) is 21.0. The number of imidazole rings is 1. The van der Waals surface area contributed by atoms with E-state index in [1.807, 2.05) is 4.57 Å². The number of nitro benzene ring substituents is 1. The van der Waals surface area contributed by atoms with Crippen LogP contribution in [0.5, 0.6) is 5.75 Å². The minimum atomic E-state index is -0.626. The van der Waals surface area contributed by atoms with Crippen molar-refractivity contribution in [2.75, 3.05) is 12.0 Å². The molecule has 0 aliphatic carbocycles. The van der Waals surface area contributed by atoms with Gasteiger partial charge in [0, 0.05) is 24.0 Å². The second kappa shape index (κ2) is 6.76. The predicted octanol–water partition coefficient (Wildman–Crippen LogP) is 4.12. The van der Waals surface area contributed by atoms with Crippen LogP contribution < -0.4 is 9.64 Å². The number of halogens is 1. The molecule has 1 aromatic heterocycles. The van der Waals surface area contributed by atoms with Crippen LogP contribution in [-0.4, -0.2) is 27.8 Å². The molecule has 4 rings (SSSR count). The summed E-state index contributed by atoms with van der Waals surface area (Å²) in [5.41, 5.74) is 1.81. The van der Waals surface area contributed by atoms with E-state index >= 15 is 0 Å². The van der Waals surface area contributed by atoms with E-state index in [1.165, 1.54) is 18.3 Å². The first-order chi connectivity index (χ1) is 13.5. The van der Waals surface area contributed by atoms with Gasteiger partial charge in [-0.1, -0.05) is 0 Å². The van der Waals surface area contributed by atoms with Crippen molar-refractivity contribution in [2.24, 2.45) is 4.99 Å². The number of aliphatic imine (C=N–C) groups is 1. The summed E-state index contributed by atoms with van der Waals surface area (Å²) in [5.74, 6) is 0.804. The number of allylic oxidation sites excluding steroid dienone is 1. The molecule has 0 saturated heterocycles. The van der Waals surface area contributed by atoms with Crippen LogP contribution >= 0.6 is 0 Å². The summed E-state index contributed by atoms with van der Waals surface area (Å²) >= 11 is 0. The molecule has 0 radical (unpaired) electrons. The number of non-ortho nitro benzene ring substituents is 1. The van der Waals surface area contributed by atoms with Gasteiger partial charge in [-0.25, -0.2) is 14.4 Å². The number of hydrogen-bond donors (Lipinski definition) is 0. The van der Waals surface area contributed by atoms with Crippen molar-refractivity contribution < 1.29 is 14.1 Å². The Morgan fingerprint density at radius 3 is 2.64 bits per heavy atom. The van der Waals surface area contributed by atoms with E-state index in [9.17, 15) is 14.5 Å². The van der Waals surface area contributed by atoms with Crippen molar-refractivity contribution in [3.05, 3.63) is 70.4 Å². The van der Waals surface area contributed by atoms with Gasteiger partial charge in [-0.15, -0.1) is 0 Å². The topological polar surface area (TPSA) is 85.8 Å². The zero-order chi connectivity index (χ0) is 19.8. The van der Waals surface area contributed by atoms with Gasteiger partial charge in [0.05, 0.1) is 29.3 Å². The molecule has 28 heavy (non-hydrogen) atoms. The van der Waals surface area contributed by atoms with Crippen molar-refractivity contribution in [3.63, 3.8) is 0 Å². The summed E-state index contributed by atoms with van der Waals surface area (Å²) < 4.78 is 21.0. The molecule has 0 amide bonds. The van der Waals surface area contributed by atoms with Crippen LogP contribution in [0.1, 0.15) is 12.1 Å². The zero-order valence-electron chi connectivity index (χ0n) is 15.1. The number of rotatable bonds is 4. The maximum atomic E-state index is 14.0. The molecule has 9 heteroatoms. The first-order valence-electron chi connectivity index (χ1n) is 8.44. The zero-order valence-corrected chi connectivity index (χ0v) is 15.1. The third kappa shape index (κ3) is 2.96. The highest BCUT2D eigenvalue weighted by molar-refractivity contribution is 5.81. The number of hydrogen-bond acceptors (Lipinski definition) is 6. The van der Waals surface area contributed by atoms with Gasteiger partial charge in [-0.3, -0.25) is 14.7 Å². The third-order valence-electron chi connectivity index (χ3n) is 4.50. The quantitative estimate of drug-likeness (QED) is 0.501. The molecule has 2 aromatic carbocycles. The van der Waals surface area contributed by atoms with Gasteiger partial charge in [0.1, 0.15) is 11.6 Å². The summed E-state index contributed by atoms with van der Waals surface area (Å²) in [7, 11) is 1.57. The van der Waals surface area contributed by atoms with Crippen molar-refractivity contribution >= 4 is 28.6 Å². The predicted molar refractivity (Wildman–Crippen MR) is 103 cm³/mol. The van der Waals surface area contributed by atoms with Gasteiger partial charge < -0.3 is 9.64 Å². The second-order valence-electron chi connectivity index (χ2n) is 6.20. The molecule has 8 nitrogen and oxygen atoms in total. The molecule has 1 unspecified atom stereocenters. The third-order valence-corrected chi connectivity index (χ3v) is 4.50. The largest absolute Gasteiger partial charge is 0.497 e. The molecule has 0 spiro atoms. The Morgan fingerprint density at radius 1 is 1.21 bits per heavy atom. The van der Waals surface area contributed by atoms with Gasteiger partial charge in [-0.05, 0) is 37.3 Å². The smallest absolute Gasteiger partial charge is 0.271 e. The van der Waals surface area contributed by atoms with E-state index in [-0.39, 0.29) is 5.69 Å². The van der Waals surface area contributed by atoms with E-state index in [1.54, 1.807) is 49.3 Å². The molecule has 1 aliphatic heterocycles. The molecule has 1 aliphatic rings. The second-order valence-corrected chi connectivity index (χ2v) is 6.20. The number of fused-ring (bicyclic) bond motifs is 1. The number of benzene rings is 2. The first kappa shape index (κ1) is 17.7. The summed E-state index contributed by atoms with van der Waals surface area (Å²) in [5, 5.41) is 11.0. The Kier molecular flexibility index (Phi) is 4.26. The minimum Gasteiger partial charge on any atom is -0.497 e. The van der Waals surface area contributed by atoms with Crippen LogP contribution in [0.15, 0.2) is 59.5 Å². The lowest BCUT2D eigenvalue weighted by atomic mass is 10.2. The fraction of sp³-hybridized carbons (Fsp3) is 0.158. The Morgan fingerprint density at radius 2 is 1.96 bits per heavy atom. The van der Waals surface area contributed by atoms with Crippen LogP contribution in [-0.2, 0) is 0 Å². The van der Waals surface area contributed by atoms with E-state index in [4.69, 9.17) is 4.74 Å². The molecule has 2 heterocycles. The average molecular weight is 381 g/mol. The lowest BCUT2D eigenvalue weighted by molar-refractivity contribution is -0.384. The molecule has 0 saturated carbocycles. The van der Waals surface area contributed by atoms with Crippen LogP contribution in [0, 0.1) is 17.0 Å². The number of aromatic nitrogens is 2. The minimum absolute atomic E-state index is 0.0396. The summed E-state index contributed by atoms with van der Waals surface area (Å²) in [6.07, 6.45) is 1.89. The molecular weight excluding hydrogens is 365 g/mol. The Labute approximate surface area is 159 Å². The Hall–Kier alpha value is -3.75. The van der Waals surface area contributed by atoms with Crippen LogP contribution in [0.4, 0.5) is 15.8 Å². The van der Waals surface area contributed by atoms with E-state index < -0.39 is 17.0 Å². The number of aryl methyl sites for hydroxylation is 1. The SMILES string of the molecule is COc1ccc(N2C=C(F)C=NC2n2c(C)nc3cc([N+](=O)[O-])ccc32)cc1. The van der Waals surface area contributed by atoms with Gasteiger partial charge >= 0.3 is 0 Å². The van der Waals surface area contributed by atoms with Gasteiger partial charge in [0.2, 0.25) is 6.29 Å². The molecule has 142 valence electrons. The lowest BCUT2D eigenvalue weighted by Gasteiger charge is -2.31. The van der Waals surface area contributed by atoms with Crippen LogP contribution in [0.3, 0.4) is 0 Å². The first-order valence-corrected chi connectivity index (χ1v) is 8.44. The highest BCUT2D eigenvalue weighted by atomic mass is 19.1. The normalized spacial score (nSPS) is 16.3. The molecule has 0 fully saturated rings. The maximum Gasteiger partial charge on any atom is 0.271 e. The number of ether oxygens (including phenoxy) is 1. The van der Waals surface area contributed by atoms with Crippen molar-refractivity contribution in [3.8, 4) is 5.75 Å². The van der Waals surface area contributed by atoms with Crippen LogP contribution in [0.2, 0.25) is 0 Å². The van der Waals surface area contributed by atoms with Gasteiger partial charge in [-0.2, -0.15) is 0 Å². The molecule has 0 N–H and O–H groups in total. The van der Waals surface area contributed by atoms with Gasteiger partial charge in [0.25, 0.3) is 5.69 Å². The number of methoxy groups -OCH3 is 1.